The molecule has 0 aromatic rings. The maximum atomic E-state index is 2.37. The minimum atomic E-state index is -0.182. The van der Waals surface area contributed by atoms with Gasteiger partial charge in [-0.05, 0) is 0 Å². The smallest absolute Gasteiger partial charge is 0.0307 e. The molecule has 0 spiro atoms. The van der Waals surface area contributed by atoms with Crippen molar-refractivity contribution in [1.29, 1.82) is 0 Å². The van der Waals surface area contributed by atoms with E-state index in [9.17, 15) is 0 Å². The Kier molecular flexibility index (Phi) is 15.0. The van der Waals surface area contributed by atoms with Crippen LogP contribution >= 0.6 is 0 Å². The molecule has 0 aliphatic carbocycles. The minimum absolute atomic E-state index is 0.182. The van der Waals surface area contributed by atoms with Crippen LogP contribution in [-0.4, -0.2) is 51.8 Å². The minimum Gasteiger partial charge on any atom is -0.0735 e. The van der Waals surface area contributed by atoms with Crippen LogP contribution in [0.25, 0.3) is 0 Å². The molecule has 0 rings (SSSR count). The van der Waals surface area contributed by atoms with Crippen molar-refractivity contribution in [3.63, 3.8) is 0 Å². The summed E-state index contributed by atoms with van der Waals surface area (Å²) >= 11 is -0.363. The predicted octanol–water partition coefficient (Wildman–Crippen LogP) is 7.04. The third-order valence-electron chi connectivity index (χ3n) is 1.50. The van der Waals surface area contributed by atoms with Crippen LogP contribution < -0.4 is 0 Å². The molecule has 0 N–H and O–H groups in total. The summed E-state index contributed by atoms with van der Waals surface area (Å²) in [6.45, 7) is 32.7. The largest absolute Gasteiger partial charge is 0.0735 e. The van der Waals surface area contributed by atoms with Gasteiger partial charge in [-0.3, -0.25) is 0 Å². The van der Waals surface area contributed by atoms with Crippen molar-refractivity contribution < 1.29 is 0 Å². The number of hydrogen-bond donors (Lipinski definition) is 0. The SMILES string of the molecule is C[C](C)(C)[Sn][C](C)(C)C.C[C](C)(C)[Sn][C](C)(C)C.C[Si]C. The summed E-state index contributed by atoms with van der Waals surface area (Å²) in [5, 5.41) is 0. The monoisotopic (exact) mass is 526 g/mol. The Bertz CT molecular complexity index is 184. The fourth-order valence-electron chi connectivity index (χ4n) is 2.25. The van der Waals surface area contributed by atoms with Gasteiger partial charge < -0.3 is 0 Å². The second kappa shape index (κ2) is 11.4. The zero-order valence-corrected chi connectivity index (χ0v) is 24.2. The predicted molar refractivity (Wildman–Crippen MR) is 108 cm³/mol. The van der Waals surface area contributed by atoms with E-state index in [4.69, 9.17) is 0 Å². The van der Waals surface area contributed by atoms with Crippen LogP contribution in [0.4, 0.5) is 0 Å². The van der Waals surface area contributed by atoms with E-state index in [1.54, 1.807) is 0 Å². The molecule has 0 saturated heterocycles. The van der Waals surface area contributed by atoms with Crippen LogP contribution in [0.15, 0.2) is 0 Å². The first-order valence-corrected chi connectivity index (χ1v) is 15.7. The van der Waals surface area contributed by atoms with E-state index in [1.165, 1.54) is 0 Å². The maximum absolute atomic E-state index is 2.37. The van der Waals surface area contributed by atoms with E-state index in [1.807, 2.05) is 0 Å². The van der Waals surface area contributed by atoms with Crippen molar-refractivity contribution in [3.05, 3.63) is 0 Å². The summed E-state index contributed by atoms with van der Waals surface area (Å²) in [6.07, 6.45) is 0. The zero-order chi connectivity index (χ0) is 18.1. The molecule has 0 bridgehead atoms. The quantitative estimate of drug-likeness (QED) is 0.299. The van der Waals surface area contributed by atoms with Gasteiger partial charge in [0.15, 0.2) is 0 Å². The van der Waals surface area contributed by atoms with Gasteiger partial charge in [-0.1, -0.05) is 13.1 Å². The number of hydrogen-bond acceptors (Lipinski definition) is 0. The van der Waals surface area contributed by atoms with Crippen molar-refractivity contribution in [2.45, 2.75) is 110 Å². The fraction of sp³-hybridized carbons (Fsp3) is 1.00. The Morgan fingerprint density at radius 1 is 0.429 bits per heavy atom. The van der Waals surface area contributed by atoms with Gasteiger partial charge >= 0.3 is 139 Å². The second-order valence-corrected chi connectivity index (χ2v) is 29.3. The number of rotatable bonds is 0. The van der Waals surface area contributed by atoms with Crippen LogP contribution in [0.5, 0.6) is 0 Å². The summed E-state index contributed by atoms with van der Waals surface area (Å²) in [5.74, 6) is 0. The summed E-state index contributed by atoms with van der Waals surface area (Å²) < 4.78 is 2.62. The van der Waals surface area contributed by atoms with Gasteiger partial charge in [-0.15, -0.1) is 0 Å². The van der Waals surface area contributed by atoms with Crippen molar-refractivity contribution in [2.75, 3.05) is 0 Å². The van der Waals surface area contributed by atoms with Gasteiger partial charge in [0, 0.05) is 9.52 Å². The van der Waals surface area contributed by atoms with E-state index >= 15 is 0 Å². The fourth-order valence-corrected chi connectivity index (χ4v) is 15.1. The first-order valence-electron chi connectivity index (χ1n) is 8.00. The normalized spacial score (nSPS) is 12.9. The van der Waals surface area contributed by atoms with Crippen LogP contribution in [-0.2, 0) is 0 Å². The standard InChI is InChI=1S/4C4H9.C2H6Si.2Sn/c4*1-4(2)3;1-3-2;;/h4*1-3H3;1-2H3;;. The molecule has 6 radical (unpaired) electrons. The van der Waals surface area contributed by atoms with Crippen LogP contribution in [0.3, 0.4) is 0 Å². The molecule has 0 unspecified atom stereocenters. The van der Waals surface area contributed by atoms with E-state index in [-0.39, 0.29) is 42.3 Å². The topological polar surface area (TPSA) is 0 Å². The van der Waals surface area contributed by atoms with Gasteiger partial charge in [0.1, 0.15) is 0 Å². The molecule has 0 atom stereocenters. The van der Waals surface area contributed by atoms with Crippen LogP contribution in [0.2, 0.25) is 26.8 Å². The van der Waals surface area contributed by atoms with E-state index in [0.717, 1.165) is 9.52 Å². The Hall–Kier alpha value is 1.81. The second-order valence-electron chi connectivity index (χ2n) is 9.75. The van der Waals surface area contributed by atoms with E-state index in [2.05, 4.69) is 96.2 Å². The molecule has 0 amide bonds. The summed E-state index contributed by atoms with van der Waals surface area (Å²) in [6, 6.07) is 0. The molecule has 0 nitrogen and oxygen atoms in total. The molecule has 0 heterocycles. The Morgan fingerprint density at radius 3 is 0.524 bits per heavy atom. The van der Waals surface area contributed by atoms with Gasteiger partial charge in [-0.25, -0.2) is 0 Å². The average molecular weight is 524 g/mol. The van der Waals surface area contributed by atoms with Crippen molar-refractivity contribution >= 4 is 51.8 Å². The molecule has 0 fully saturated rings. The Labute approximate surface area is 160 Å². The van der Waals surface area contributed by atoms with Crippen molar-refractivity contribution in [2.24, 2.45) is 0 Å². The summed E-state index contributed by atoms with van der Waals surface area (Å²) in [7, 11) is 1.08. The molecule has 0 aliphatic rings. The third kappa shape index (κ3) is 44.9. The van der Waals surface area contributed by atoms with Crippen LogP contribution in [0.1, 0.15) is 83.1 Å². The molecule has 0 aromatic heterocycles. The van der Waals surface area contributed by atoms with Crippen LogP contribution in [0, 0.1) is 0 Å². The molecule has 21 heavy (non-hydrogen) atoms. The van der Waals surface area contributed by atoms with Gasteiger partial charge in [-0.2, -0.15) is 0 Å². The van der Waals surface area contributed by atoms with Gasteiger partial charge in [0.2, 0.25) is 0 Å². The molecule has 0 saturated carbocycles. The average Bonchev–Trinajstić information content (AvgIpc) is 1.88. The summed E-state index contributed by atoms with van der Waals surface area (Å²) in [5.41, 5.74) is 0. The third-order valence-corrected chi connectivity index (χ3v) is 10.1. The molecule has 0 aromatic carbocycles. The first kappa shape index (κ1) is 27.7. The Balaban J connectivity index is -0.000000260. The maximum Gasteiger partial charge on any atom is 0.0307 e. The molecular formula is C18H42SiSn2. The van der Waals surface area contributed by atoms with Crippen molar-refractivity contribution in [1.82, 2.24) is 0 Å². The van der Waals surface area contributed by atoms with Gasteiger partial charge in [0.05, 0.1) is 0 Å². The first-order chi connectivity index (χ1) is 8.83. The van der Waals surface area contributed by atoms with Gasteiger partial charge in [0.25, 0.3) is 0 Å². The zero-order valence-electron chi connectivity index (χ0n) is 17.5. The molecular weight excluding hydrogens is 482 g/mol. The molecule has 0 aliphatic heterocycles. The molecule has 126 valence electrons. The summed E-state index contributed by atoms with van der Waals surface area (Å²) in [4.78, 5) is 0. The molecule has 3 heteroatoms. The van der Waals surface area contributed by atoms with E-state index in [0.29, 0.717) is 13.7 Å². The van der Waals surface area contributed by atoms with Crippen molar-refractivity contribution in [3.8, 4) is 0 Å². The van der Waals surface area contributed by atoms with E-state index < -0.39 is 0 Å². The Morgan fingerprint density at radius 2 is 0.524 bits per heavy atom.